The lowest BCUT2D eigenvalue weighted by molar-refractivity contribution is 0.769. The first-order chi connectivity index (χ1) is 32.8. The fraction of sp³-hybridized carbons (Fsp3) is 0.0172. The summed E-state index contributed by atoms with van der Waals surface area (Å²) in [4.78, 5) is 15.8. The quantitative estimate of drug-likeness (QED) is 0.161. The standard InChI is InChI=1S/C58H37N3S/c1-4-19-38(20-5-1)42-25-10-12-29-48(42)55-59-56(61-57(60-55)50-32-18-31-47-46-28-15-17-34-53(46)62-54(47)50)49-30-13-11-26-43(49)39-35-36-45-44-27-14-16-33-51(44)58(52(45)37-39,40-21-6-2-7-22-40)41-23-8-3-9-24-41/h1-37H/i1D,4D,5D,19D,20D. The molecule has 4 heteroatoms. The van der Waals surface area contributed by atoms with E-state index in [2.05, 4.69) is 133 Å². The van der Waals surface area contributed by atoms with Crippen LogP contribution in [0.15, 0.2) is 224 Å². The lowest BCUT2D eigenvalue weighted by atomic mass is 9.67. The van der Waals surface area contributed by atoms with Crippen molar-refractivity contribution in [2.24, 2.45) is 0 Å². The highest BCUT2D eigenvalue weighted by Gasteiger charge is 2.46. The van der Waals surface area contributed by atoms with Gasteiger partial charge < -0.3 is 0 Å². The van der Waals surface area contributed by atoms with Crippen LogP contribution in [0.3, 0.4) is 0 Å². The van der Waals surface area contributed by atoms with Crippen molar-refractivity contribution in [2.45, 2.75) is 5.41 Å². The average Bonchev–Trinajstić information content (AvgIpc) is 3.92. The molecule has 0 atom stereocenters. The van der Waals surface area contributed by atoms with Gasteiger partial charge in [0.1, 0.15) is 0 Å². The molecule has 0 amide bonds. The van der Waals surface area contributed by atoms with Gasteiger partial charge in [-0.05, 0) is 73.8 Å². The van der Waals surface area contributed by atoms with E-state index in [-0.39, 0.29) is 17.6 Å². The highest BCUT2D eigenvalue weighted by atomic mass is 32.1. The highest BCUT2D eigenvalue weighted by molar-refractivity contribution is 7.26. The van der Waals surface area contributed by atoms with Gasteiger partial charge in [0.15, 0.2) is 17.5 Å². The van der Waals surface area contributed by atoms with E-state index >= 15 is 0 Å². The number of rotatable bonds is 7. The summed E-state index contributed by atoms with van der Waals surface area (Å²) in [6.45, 7) is 0. The van der Waals surface area contributed by atoms with Gasteiger partial charge in [-0.1, -0.05) is 206 Å². The molecule has 1 aliphatic rings. The summed E-state index contributed by atoms with van der Waals surface area (Å²) in [5, 5.41) is 2.25. The first-order valence-electron chi connectivity index (χ1n) is 23.1. The van der Waals surface area contributed by atoms with Crippen LogP contribution in [0.25, 0.3) is 87.7 Å². The summed E-state index contributed by atoms with van der Waals surface area (Å²) in [5.74, 6) is 1.21. The Bertz CT molecular complexity index is 3710. The van der Waals surface area contributed by atoms with Gasteiger partial charge in [0.05, 0.1) is 12.3 Å². The fourth-order valence-electron chi connectivity index (χ4n) is 9.48. The predicted octanol–water partition coefficient (Wildman–Crippen LogP) is 14.9. The summed E-state index contributed by atoms with van der Waals surface area (Å²) >= 11 is 1.69. The summed E-state index contributed by atoms with van der Waals surface area (Å²) in [7, 11) is 0. The van der Waals surface area contributed by atoms with E-state index in [1.807, 2.05) is 48.5 Å². The van der Waals surface area contributed by atoms with Crippen molar-refractivity contribution in [1.29, 1.82) is 0 Å². The zero-order valence-corrected chi connectivity index (χ0v) is 34.0. The number of thiophene rings is 1. The highest BCUT2D eigenvalue weighted by Crippen LogP contribution is 2.57. The molecule has 2 aromatic heterocycles. The smallest absolute Gasteiger partial charge is 0.165 e. The van der Waals surface area contributed by atoms with E-state index in [9.17, 15) is 0 Å². The zero-order chi connectivity index (χ0) is 45.4. The third-order valence-corrected chi connectivity index (χ3v) is 13.4. The molecule has 0 aliphatic heterocycles. The second-order valence-electron chi connectivity index (χ2n) is 15.5. The molecule has 11 aromatic rings. The van der Waals surface area contributed by atoms with Crippen molar-refractivity contribution in [3.63, 3.8) is 0 Å². The van der Waals surface area contributed by atoms with Crippen LogP contribution < -0.4 is 0 Å². The molecular weight excluding hydrogens is 771 g/mol. The molecule has 2 heterocycles. The normalized spacial score (nSPS) is 13.8. The minimum absolute atomic E-state index is 0.0802. The molecule has 290 valence electrons. The number of hydrogen-bond acceptors (Lipinski definition) is 4. The van der Waals surface area contributed by atoms with Gasteiger partial charge in [0.25, 0.3) is 0 Å². The SMILES string of the molecule is [2H]c1c([2H])c([2H])c(-c2ccccc2-c2nc(-c3ccccc3-c3ccc4c(c3)C(c3ccccc3)(c3ccccc3)c3ccccc3-4)nc(-c3cccc4c3sc3ccccc34)n2)c([2H])c1[2H]. The number of hydrogen-bond donors (Lipinski definition) is 0. The molecule has 12 rings (SSSR count). The maximum atomic E-state index is 8.96. The van der Waals surface area contributed by atoms with Crippen LogP contribution >= 0.6 is 11.3 Å². The first-order valence-corrected chi connectivity index (χ1v) is 21.4. The molecule has 0 radical (unpaired) electrons. The van der Waals surface area contributed by atoms with Crippen molar-refractivity contribution < 1.29 is 6.85 Å². The van der Waals surface area contributed by atoms with Gasteiger partial charge in [0.2, 0.25) is 0 Å². The molecular formula is C58H37N3S. The Kier molecular flexibility index (Phi) is 7.40. The Balaban J connectivity index is 1.11. The molecule has 0 saturated carbocycles. The van der Waals surface area contributed by atoms with E-state index in [0.29, 0.717) is 28.6 Å². The third-order valence-electron chi connectivity index (χ3n) is 12.2. The van der Waals surface area contributed by atoms with Crippen LogP contribution in [0.5, 0.6) is 0 Å². The first kappa shape index (κ1) is 31.1. The number of nitrogens with zero attached hydrogens (tertiary/aromatic N) is 3. The molecule has 3 nitrogen and oxygen atoms in total. The van der Waals surface area contributed by atoms with E-state index in [4.69, 9.17) is 21.8 Å². The van der Waals surface area contributed by atoms with Crippen LogP contribution in [-0.4, -0.2) is 15.0 Å². The molecule has 0 unspecified atom stereocenters. The van der Waals surface area contributed by atoms with Gasteiger partial charge in [-0.25, -0.2) is 15.0 Å². The number of benzene rings is 9. The predicted molar refractivity (Wildman–Crippen MR) is 257 cm³/mol. The van der Waals surface area contributed by atoms with Gasteiger partial charge in [-0.15, -0.1) is 11.3 Å². The lowest BCUT2D eigenvalue weighted by Crippen LogP contribution is -2.28. The average molecular weight is 813 g/mol. The van der Waals surface area contributed by atoms with Crippen LogP contribution in [0.4, 0.5) is 0 Å². The topological polar surface area (TPSA) is 38.7 Å². The third kappa shape index (κ3) is 5.68. The molecule has 1 aliphatic carbocycles. The lowest BCUT2D eigenvalue weighted by Gasteiger charge is -2.34. The van der Waals surface area contributed by atoms with E-state index in [0.717, 1.165) is 42.4 Å². The summed E-state index contributed by atoms with van der Waals surface area (Å²) < 4.78 is 45.5. The molecule has 0 spiro atoms. The van der Waals surface area contributed by atoms with Crippen molar-refractivity contribution >= 4 is 31.5 Å². The largest absolute Gasteiger partial charge is 0.208 e. The summed E-state index contributed by atoms with van der Waals surface area (Å²) in [6, 6.07) is 65.2. The van der Waals surface area contributed by atoms with Gasteiger partial charge in [0, 0.05) is 36.9 Å². The van der Waals surface area contributed by atoms with Crippen LogP contribution in [0.1, 0.15) is 29.1 Å². The van der Waals surface area contributed by atoms with Crippen LogP contribution in [0, 0.1) is 0 Å². The summed E-state index contributed by atoms with van der Waals surface area (Å²) in [6.07, 6.45) is 0. The Morgan fingerprint density at radius 2 is 0.871 bits per heavy atom. The fourth-order valence-corrected chi connectivity index (χ4v) is 10.7. The summed E-state index contributed by atoms with van der Waals surface area (Å²) in [5.41, 5.74) is 11.1. The van der Waals surface area contributed by atoms with Gasteiger partial charge in [-0.2, -0.15) is 0 Å². The minimum atomic E-state index is -0.594. The molecule has 9 aromatic carbocycles. The molecule has 0 saturated heterocycles. The second kappa shape index (κ2) is 14.7. The molecule has 62 heavy (non-hydrogen) atoms. The van der Waals surface area contributed by atoms with Crippen molar-refractivity contribution in [3.8, 4) is 67.5 Å². The van der Waals surface area contributed by atoms with Crippen molar-refractivity contribution in [3.05, 3.63) is 247 Å². The van der Waals surface area contributed by atoms with E-state index in [1.54, 1.807) is 23.5 Å². The van der Waals surface area contributed by atoms with Crippen LogP contribution in [-0.2, 0) is 5.41 Å². The van der Waals surface area contributed by atoms with E-state index in [1.165, 1.54) is 33.4 Å². The Morgan fingerprint density at radius 1 is 0.371 bits per heavy atom. The van der Waals surface area contributed by atoms with Crippen molar-refractivity contribution in [2.75, 3.05) is 0 Å². The number of fused-ring (bicyclic) bond motifs is 6. The Hall–Kier alpha value is -7.79. The van der Waals surface area contributed by atoms with E-state index < -0.39 is 23.5 Å². The van der Waals surface area contributed by atoms with Crippen LogP contribution in [0.2, 0.25) is 0 Å². The van der Waals surface area contributed by atoms with Gasteiger partial charge in [-0.3, -0.25) is 0 Å². The van der Waals surface area contributed by atoms with Crippen molar-refractivity contribution in [1.82, 2.24) is 15.0 Å². The monoisotopic (exact) mass is 812 g/mol. The Morgan fingerprint density at radius 3 is 1.55 bits per heavy atom. The maximum Gasteiger partial charge on any atom is 0.165 e. The second-order valence-corrected chi connectivity index (χ2v) is 16.5. The maximum absolute atomic E-state index is 8.96. The Labute approximate surface area is 371 Å². The molecule has 0 fully saturated rings. The van der Waals surface area contributed by atoms with Gasteiger partial charge >= 0.3 is 0 Å². The molecule has 0 N–H and O–H groups in total. The number of aromatic nitrogens is 3. The zero-order valence-electron chi connectivity index (χ0n) is 38.2. The molecule has 0 bridgehead atoms. The minimum Gasteiger partial charge on any atom is -0.208 e.